The molecule has 1 heteroatoms. The van der Waals surface area contributed by atoms with Gasteiger partial charge < -0.3 is 0 Å². The van der Waals surface area contributed by atoms with Gasteiger partial charge in [0, 0.05) is 5.92 Å². The summed E-state index contributed by atoms with van der Waals surface area (Å²) in [7, 11) is 0. The minimum absolute atomic E-state index is 0. The van der Waals surface area contributed by atoms with E-state index < -0.39 is 0 Å². The van der Waals surface area contributed by atoms with Gasteiger partial charge in [-0.3, -0.25) is 4.79 Å². The molecule has 9 heavy (non-hydrogen) atoms. The van der Waals surface area contributed by atoms with Crippen LogP contribution in [0.4, 0.5) is 0 Å². The van der Waals surface area contributed by atoms with Crippen molar-refractivity contribution < 1.29 is 4.79 Å². The van der Waals surface area contributed by atoms with Crippen LogP contribution in [0, 0.1) is 5.92 Å². The number of ketones is 1. The Morgan fingerprint density at radius 3 is 1.67 bits per heavy atom. The smallest absolute Gasteiger partial charge is 0.132 e. The molecule has 0 fully saturated rings. The molecule has 0 unspecified atom stereocenters. The zero-order valence-corrected chi connectivity index (χ0v) is 5.90. The molecular weight excluding hydrogens is 112 g/mol. The van der Waals surface area contributed by atoms with Gasteiger partial charge >= 0.3 is 0 Å². The Labute approximate surface area is 58.5 Å². The minimum atomic E-state index is 0. The van der Waals surface area contributed by atoms with Crippen LogP contribution < -0.4 is 0 Å². The quantitative estimate of drug-likeness (QED) is 0.574. The second-order valence-corrected chi connectivity index (χ2v) is 2.12. The van der Waals surface area contributed by atoms with Crippen LogP contribution in [0.25, 0.3) is 0 Å². The van der Waals surface area contributed by atoms with Crippen molar-refractivity contribution in [3.63, 3.8) is 0 Å². The lowest BCUT2D eigenvalue weighted by Crippen LogP contribution is -2.07. The number of hydrogen-bond donors (Lipinski definition) is 0. The molecular formula is C8H18O. The van der Waals surface area contributed by atoms with E-state index in [1.165, 1.54) is 0 Å². The highest BCUT2D eigenvalue weighted by Crippen LogP contribution is 2.06. The summed E-state index contributed by atoms with van der Waals surface area (Å²) in [5, 5.41) is 0. The number of hydrogen-bond acceptors (Lipinski definition) is 1. The molecule has 0 aliphatic rings. The number of Topliss-reactive ketones (excluding diaryl/α,β-unsaturated/α-hetero) is 1. The van der Waals surface area contributed by atoms with E-state index in [1.54, 1.807) is 6.92 Å². The Bertz CT molecular complexity index is 72.6. The van der Waals surface area contributed by atoms with Crippen LogP contribution in [0.1, 0.15) is 41.0 Å². The third-order valence-corrected chi connectivity index (χ3v) is 1.56. The molecule has 0 bridgehead atoms. The van der Waals surface area contributed by atoms with Gasteiger partial charge in [-0.1, -0.05) is 21.3 Å². The van der Waals surface area contributed by atoms with E-state index >= 15 is 0 Å². The van der Waals surface area contributed by atoms with Crippen molar-refractivity contribution in [3.05, 3.63) is 0 Å². The Morgan fingerprint density at radius 2 is 1.67 bits per heavy atom. The predicted molar refractivity (Wildman–Crippen MR) is 41.5 cm³/mol. The molecule has 0 radical (unpaired) electrons. The van der Waals surface area contributed by atoms with Gasteiger partial charge in [-0.25, -0.2) is 0 Å². The van der Waals surface area contributed by atoms with Gasteiger partial charge in [0.05, 0.1) is 0 Å². The molecule has 0 saturated heterocycles. The first kappa shape index (κ1) is 11.5. The second-order valence-electron chi connectivity index (χ2n) is 2.12. The lowest BCUT2D eigenvalue weighted by Gasteiger charge is -2.04. The van der Waals surface area contributed by atoms with Gasteiger partial charge in [0.25, 0.3) is 0 Å². The normalized spacial score (nSPS) is 8.89. The molecule has 0 aromatic rings. The third kappa shape index (κ3) is 4.19. The van der Waals surface area contributed by atoms with Crippen molar-refractivity contribution in [2.45, 2.75) is 41.0 Å². The maximum Gasteiger partial charge on any atom is 0.132 e. The average molecular weight is 130 g/mol. The molecule has 1 nitrogen and oxygen atoms in total. The molecule has 0 N–H and O–H groups in total. The highest BCUT2D eigenvalue weighted by Gasteiger charge is 2.06. The van der Waals surface area contributed by atoms with E-state index in [0.717, 1.165) is 12.8 Å². The minimum Gasteiger partial charge on any atom is -0.300 e. The number of carbonyl (C=O) groups excluding carboxylic acids is 1. The van der Waals surface area contributed by atoms with E-state index in [1.807, 2.05) is 0 Å². The Balaban J connectivity index is 0. The fraction of sp³-hybridized carbons (Fsp3) is 0.875. The molecule has 0 heterocycles. The lowest BCUT2D eigenvalue weighted by atomic mass is 10.00. The van der Waals surface area contributed by atoms with Crippen molar-refractivity contribution in [2.24, 2.45) is 5.92 Å². The van der Waals surface area contributed by atoms with E-state index in [2.05, 4.69) is 13.8 Å². The van der Waals surface area contributed by atoms with Gasteiger partial charge in [-0.15, -0.1) is 0 Å². The summed E-state index contributed by atoms with van der Waals surface area (Å²) in [5.41, 5.74) is 0. The SMILES string of the molecule is C.CCC(CC)C(C)=O. The third-order valence-electron chi connectivity index (χ3n) is 1.56. The summed E-state index contributed by atoms with van der Waals surface area (Å²) < 4.78 is 0. The Kier molecular flexibility index (Phi) is 7.39. The Hall–Kier alpha value is -0.330. The molecule has 0 aromatic heterocycles. The summed E-state index contributed by atoms with van der Waals surface area (Å²) in [6, 6.07) is 0. The molecule has 56 valence electrons. The first-order valence-electron chi connectivity index (χ1n) is 3.22. The summed E-state index contributed by atoms with van der Waals surface area (Å²) in [4.78, 5) is 10.6. The largest absolute Gasteiger partial charge is 0.300 e. The molecule has 0 rings (SSSR count). The summed E-state index contributed by atoms with van der Waals surface area (Å²) in [6.07, 6.45) is 1.98. The topological polar surface area (TPSA) is 17.1 Å². The van der Waals surface area contributed by atoms with Crippen molar-refractivity contribution >= 4 is 5.78 Å². The predicted octanol–water partition coefficient (Wildman–Crippen LogP) is 2.65. The van der Waals surface area contributed by atoms with Gasteiger partial charge in [-0.2, -0.15) is 0 Å². The van der Waals surface area contributed by atoms with E-state index in [-0.39, 0.29) is 7.43 Å². The lowest BCUT2D eigenvalue weighted by molar-refractivity contribution is -0.120. The molecule has 0 atom stereocenters. The standard InChI is InChI=1S/C7H14O.CH4/c1-4-7(5-2)6(3)8;/h7H,4-5H2,1-3H3;1H4. The van der Waals surface area contributed by atoms with Crippen molar-refractivity contribution in [2.75, 3.05) is 0 Å². The van der Waals surface area contributed by atoms with E-state index in [9.17, 15) is 4.79 Å². The van der Waals surface area contributed by atoms with Crippen molar-refractivity contribution in [3.8, 4) is 0 Å². The number of carbonyl (C=O) groups is 1. The fourth-order valence-electron chi connectivity index (χ4n) is 0.864. The van der Waals surface area contributed by atoms with Crippen LogP contribution in [-0.2, 0) is 4.79 Å². The highest BCUT2D eigenvalue weighted by atomic mass is 16.1. The maximum absolute atomic E-state index is 10.6. The fourth-order valence-corrected chi connectivity index (χ4v) is 0.864. The zero-order valence-electron chi connectivity index (χ0n) is 5.90. The van der Waals surface area contributed by atoms with Crippen LogP contribution in [0.15, 0.2) is 0 Å². The molecule has 0 saturated carbocycles. The zero-order chi connectivity index (χ0) is 6.57. The summed E-state index contributed by atoms with van der Waals surface area (Å²) in [6.45, 7) is 5.77. The van der Waals surface area contributed by atoms with Gasteiger partial charge in [0.15, 0.2) is 0 Å². The van der Waals surface area contributed by atoms with Gasteiger partial charge in [0.1, 0.15) is 5.78 Å². The van der Waals surface area contributed by atoms with Crippen molar-refractivity contribution in [1.29, 1.82) is 0 Å². The van der Waals surface area contributed by atoms with E-state index in [4.69, 9.17) is 0 Å². The van der Waals surface area contributed by atoms with Gasteiger partial charge in [0.2, 0.25) is 0 Å². The monoisotopic (exact) mass is 130 g/mol. The molecule has 0 amide bonds. The van der Waals surface area contributed by atoms with Crippen LogP contribution in [-0.4, -0.2) is 5.78 Å². The van der Waals surface area contributed by atoms with Gasteiger partial charge in [-0.05, 0) is 19.8 Å². The Morgan fingerprint density at radius 1 is 1.33 bits per heavy atom. The average Bonchev–Trinajstić information content (AvgIpc) is 1.69. The summed E-state index contributed by atoms with van der Waals surface area (Å²) >= 11 is 0. The second kappa shape index (κ2) is 5.80. The first-order valence-corrected chi connectivity index (χ1v) is 3.22. The highest BCUT2D eigenvalue weighted by molar-refractivity contribution is 5.78. The molecule has 0 spiro atoms. The molecule has 0 aliphatic carbocycles. The van der Waals surface area contributed by atoms with Crippen LogP contribution in [0.3, 0.4) is 0 Å². The molecule has 0 aliphatic heterocycles. The summed E-state index contributed by atoms with van der Waals surface area (Å²) in [5.74, 6) is 0.644. The van der Waals surface area contributed by atoms with Crippen LogP contribution in [0.5, 0.6) is 0 Å². The van der Waals surface area contributed by atoms with Crippen LogP contribution >= 0.6 is 0 Å². The maximum atomic E-state index is 10.6. The first-order chi connectivity index (χ1) is 3.72. The van der Waals surface area contributed by atoms with Crippen LogP contribution in [0.2, 0.25) is 0 Å². The number of rotatable bonds is 3. The van der Waals surface area contributed by atoms with E-state index in [0.29, 0.717) is 11.7 Å². The van der Waals surface area contributed by atoms with Crippen molar-refractivity contribution in [1.82, 2.24) is 0 Å². The molecule has 0 aromatic carbocycles.